The van der Waals surface area contributed by atoms with Crippen molar-refractivity contribution in [1.29, 1.82) is 0 Å². The van der Waals surface area contributed by atoms with Gasteiger partial charge in [0.1, 0.15) is 11.8 Å². The van der Waals surface area contributed by atoms with Crippen molar-refractivity contribution in [3.8, 4) is 0 Å². The van der Waals surface area contributed by atoms with Crippen LogP contribution in [-0.2, 0) is 5.88 Å². The molecule has 0 fully saturated rings. The van der Waals surface area contributed by atoms with E-state index in [9.17, 15) is 4.79 Å². The molecule has 0 spiro atoms. The third-order valence-electron chi connectivity index (χ3n) is 2.35. The van der Waals surface area contributed by atoms with E-state index in [0.717, 1.165) is 0 Å². The number of hydrogen-bond donors (Lipinski definition) is 1. The zero-order valence-electron chi connectivity index (χ0n) is 9.15. The first-order valence-corrected chi connectivity index (χ1v) is 6.14. The number of nitrogens with zero attached hydrogens (tertiary/aromatic N) is 5. The average Bonchev–Trinajstić information content (AvgIpc) is 2.91. The summed E-state index contributed by atoms with van der Waals surface area (Å²) in [7, 11) is 0. The fraction of sp³-hybridized carbons (Fsp3) is 0.100. The molecule has 7 nitrogen and oxygen atoms in total. The van der Waals surface area contributed by atoms with E-state index in [1.54, 1.807) is 18.2 Å². The second-order valence-electron chi connectivity index (χ2n) is 3.48. The van der Waals surface area contributed by atoms with Crippen molar-refractivity contribution in [2.24, 2.45) is 0 Å². The summed E-state index contributed by atoms with van der Waals surface area (Å²) in [6.45, 7) is 0. The Morgan fingerprint density at radius 1 is 1.33 bits per heavy atom. The molecule has 0 amide bonds. The van der Waals surface area contributed by atoms with E-state index in [0.29, 0.717) is 21.9 Å². The van der Waals surface area contributed by atoms with Crippen LogP contribution in [0.2, 0.25) is 0 Å². The minimum atomic E-state index is -0.160. The van der Waals surface area contributed by atoms with Gasteiger partial charge in [-0.3, -0.25) is 9.89 Å². The van der Waals surface area contributed by atoms with Crippen molar-refractivity contribution in [1.82, 2.24) is 30.2 Å². The molecule has 1 N–H and O–H groups in total. The largest absolute Gasteiger partial charge is 0.278 e. The number of fused-ring (bicyclic) bond motifs is 1. The Bertz CT molecular complexity index is 723. The van der Waals surface area contributed by atoms with E-state index in [-0.39, 0.29) is 5.56 Å². The molecule has 0 saturated carbocycles. The lowest BCUT2D eigenvalue weighted by Crippen LogP contribution is -2.23. The van der Waals surface area contributed by atoms with E-state index < -0.39 is 0 Å². The summed E-state index contributed by atoms with van der Waals surface area (Å²) >= 11 is 1.33. The first kappa shape index (κ1) is 10.9. The number of aromatic nitrogens is 6. The molecule has 3 aromatic rings. The lowest BCUT2D eigenvalue weighted by Gasteiger charge is -2.02. The van der Waals surface area contributed by atoms with E-state index in [4.69, 9.17) is 0 Å². The van der Waals surface area contributed by atoms with Crippen molar-refractivity contribution in [3.63, 3.8) is 0 Å². The molecule has 2 heterocycles. The first-order valence-electron chi connectivity index (χ1n) is 5.15. The second kappa shape index (κ2) is 4.57. The molecule has 0 atom stereocenters. The zero-order chi connectivity index (χ0) is 12.4. The van der Waals surface area contributed by atoms with Gasteiger partial charge >= 0.3 is 0 Å². The predicted octanol–water partition coefficient (Wildman–Crippen LogP) is 0.659. The minimum Gasteiger partial charge on any atom is -0.267 e. The monoisotopic (exact) mass is 260 g/mol. The van der Waals surface area contributed by atoms with Gasteiger partial charge < -0.3 is 0 Å². The van der Waals surface area contributed by atoms with Crippen LogP contribution >= 0.6 is 11.8 Å². The smallest absolute Gasteiger partial charge is 0.267 e. The lowest BCUT2D eigenvalue weighted by molar-refractivity contribution is 0.644. The van der Waals surface area contributed by atoms with Crippen molar-refractivity contribution in [2.45, 2.75) is 11.0 Å². The fourth-order valence-corrected chi connectivity index (χ4v) is 2.15. The highest BCUT2D eigenvalue weighted by atomic mass is 32.2. The van der Waals surface area contributed by atoms with Crippen LogP contribution in [0.5, 0.6) is 0 Å². The van der Waals surface area contributed by atoms with Crippen molar-refractivity contribution in [2.75, 3.05) is 0 Å². The van der Waals surface area contributed by atoms with E-state index in [2.05, 4.69) is 25.5 Å². The summed E-state index contributed by atoms with van der Waals surface area (Å²) in [5, 5.41) is 15.5. The molecule has 0 bridgehead atoms. The van der Waals surface area contributed by atoms with Crippen molar-refractivity contribution < 1.29 is 0 Å². The Balaban J connectivity index is 1.93. The molecule has 0 aliphatic heterocycles. The molecule has 0 aliphatic carbocycles. The van der Waals surface area contributed by atoms with Crippen LogP contribution in [0.3, 0.4) is 0 Å². The zero-order valence-corrected chi connectivity index (χ0v) is 9.96. The number of nitrogens with one attached hydrogen (secondary N) is 1. The van der Waals surface area contributed by atoms with Crippen LogP contribution in [0.15, 0.2) is 40.5 Å². The molecule has 90 valence electrons. The highest BCUT2D eigenvalue weighted by molar-refractivity contribution is 7.98. The van der Waals surface area contributed by atoms with Gasteiger partial charge in [-0.1, -0.05) is 29.1 Å². The van der Waals surface area contributed by atoms with Gasteiger partial charge in [0, 0.05) is 0 Å². The van der Waals surface area contributed by atoms with Gasteiger partial charge in [-0.05, 0) is 12.1 Å². The van der Waals surface area contributed by atoms with E-state index >= 15 is 0 Å². The molecule has 8 heteroatoms. The maximum absolute atomic E-state index is 12.1. The second-order valence-corrected chi connectivity index (χ2v) is 4.41. The maximum atomic E-state index is 12.1. The Labute approximate surface area is 105 Å². The predicted molar refractivity (Wildman–Crippen MR) is 66.0 cm³/mol. The first-order chi connectivity index (χ1) is 8.84. The van der Waals surface area contributed by atoms with Gasteiger partial charge in [0.15, 0.2) is 5.16 Å². The molecular formula is C10H8N6OS. The van der Waals surface area contributed by atoms with Gasteiger partial charge in [-0.25, -0.2) is 4.98 Å². The number of hydrogen-bond acceptors (Lipinski definition) is 6. The van der Waals surface area contributed by atoms with Gasteiger partial charge in [0.2, 0.25) is 0 Å². The van der Waals surface area contributed by atoms with Gasteiger partial charge in [0.25, 0.3) is 5.56 Å². The Morgan fingerprint density at radius 2 is 2.22 bits per heavy atom. The SMILES string of the molecule is O=c1c2ccccc2nnn1CSc1ncn[nH]1. The van der Waals surface area contributed by atoms with Crippen LogP contribution in [0.1, 0.15) is 0 Å². The standard InChI is InChI=1S/C10H8N6OS/c17-9-7-3-1-2-4-8(7)13-15-16(9)6-18-10-11-5-12-14-10/h1-5H,6H2,(H,11,12,14). The molecule has 0 unspecified atom stereocenters. The summed E-state index contributed by atoms with van der Waals surface area (Å²) in [4.78, 5) is 16.0. The number of aromatic amines is 1. The van der Waals surface area contributed by atoms with E-state index in [1.165, 1.54) is 22.8 Å². The quantitative estimate of drug-likeness (QED) is 0.696. The average molecular weight is 260 g/mol. The summed E-state index contributed by atoms with van der Waals surface area (Å²) in [5.74, 6) is 0.339. The number of benzene rings is 1. The van der Waals surface area contributed by atoms with Crippen LogP contribution < -0.4 is 5.56 Å². The number of H-pyrrole nitrogens is 1. The lowest BCUT2D eigenvalue weighted by atomic mass is 10.2. The third kappa shape index (κ3) is 1.97. The third-order valence-corrected chi connectivity index (χ3v) is 3.19. The van der Waals surface area contributed by atoms with Crippen LogP contribution in [0.25, 0.3) is 10.9 Å². The van der Waals surface area contributed by atoms with Crippen LogP contribution in [0.4, 0.5) is 0 Å². The Kier molecular flexibility index (Phi) is 2.77. The normalized spacial score (nSPS) is 10.9. The van der Waals surface area contributed by atoms with Crippen LogP contribution in [0, 0.1) is 0 Å². The summed E-state index contributed by atoms with van der Waals surface area (Å²) in [6, 6.07) is 7.13. The molecule has 2 aromatic heterocycles. The Morgan fingerprint density at radius 3 is 3.06 bits per heavy atom. The minimum absolute atomic E-state index is 0.160. The van der Waals surface area contributed by atoms with Crippen molar-refractivity contribution in [3.05, 3.63) is 40.9 Å². The van der Waals surface area contributed by atoms with Crippen LogP contribution in [-0.4, -0.2) is 30.2 Å². The summed E-state index contributed by atoms with van der Waals surface area (Å²) in [5.41, 5.74) is 0.441. The molecule has 0 radical (unpaired) electrons. The summed E-state index contributed by atoms with van der Waals surface area (Å²) in [6.07, 6.45) is 1.41. The number of thioether (sulfide) groups is 1. The van der Waals surface area contributed by atoms with Gasteiger partial charge in [-0.2, -0.15) is 9.78 Å². The fourth-order valence-electron chi connectivity index (χ4n) is 1.49. The topological polar surface area (TPSA) is 89.3 Å². The van der Waals surface area contributed by atoms with Crippen molar-refractivity contribution >= 4 is 22.7 Å². The highest BCUT2D eigenvalue weighted by Crippen LogP contribution is 2.12. The molecule has 3 rings (SSSR count). The molecule has 18 heavy (non-hydrogen) atoms. The maximum Gasteiger partial charge on any atom is 0.278 e. The number of rotatable bonds is 3. The van der Waals surface area contributed by atoms with Gasteiger partial charge in [-0.15, -0.1) is 5.10 Å². The molecular weight excluding hydrogens is 252 g/mol. The molecule has 1 aromatic carbocycles. The molecule has 0 saturated heterocycles. The Hall–Kier alpha value is -2.22. The van der Waals surface area contributed by atoms with E-state index in [1.807, 2.05) is 6.07 Å². The highest BCUT2D eigenvalue weighted by Gasteiger charge is 2.05. The van der Waals surface area contributed by atoms with Gasteiger partial charge in [0.05, 0.1) is 11.3 Å². The summed E-state index contributed by atoms with van der Waals surface area (Å²) < 4.78 is 1.30. The molecule has 0 aliphatic rings.